The van der Waals surface area contributed by atoms with Crippen LogP contribution in [-0.2, 0) is 22.6 Å². The molecule has 0 saturated carbocycles. The van der Waals surface area contributed by atoms with Crippen molar-refractivity contribution in [3.05, 3.63) is 65.2 Å². The lowest BCUT2D eigenvalue weighted by Gasteiger charge is -2.12. The summed E-state index contributed by atoms with van der Waals surface area (Å²) in [5.74, 6) is 6.40. The fourth-order valence-electron chi connectivity index (χ4n) is 2.65. The van der Waals surface area contributed by atoms with Crippen molar-refractivity contribution in [2.75, 3.05) is 6.61 Å². The van der Waals surface area contributed by atoms with E-state index in [2.05, 4.69) is 43.0 Å². The fourth-order valence-corrected chi connectivity index (χ4v) is 2.65. The third-order valence-corrected chi connectivity index (χ3v) is 4.11. The smallest absolute Gasteiger partial charge is 0.307 e. The maximum Gasteiger partial charge on any atom is 0.307 e. The number of carbonyl (C=O) groups is 1. The molecule has 0 aromatic heterocycles. The predicted molar refractivity (Wildman–Crippen MR) is 104 cm³/mol. The third-order valence-electron chi connectivity index (χ3n) is 4.11. The minimum absolute atomic E-state index is 0.158. The predicted octanol–water partition coefficient (Wildman–Crippen LogP) is 4.89. The van der Waals surface area contributed by atoms with Crippen LogP contribution in [0.25, 0.3) is 0 Å². The Morgan fingerprint density at radius 1 is 1.00 bits per heavy atom. The van der Waals surface area contributed by atoms with Gasteiger partial charge in [0.1, 0.15) is 12.4 Å². The van der Waals surface area contributed by atoms with Gasteiger partial charge in [-0.1, -0.05) is 49.2 Å². The van der Waals surface area contributed by atoms with Crippen LogP contribution in [0, 0.1) is 11.8 Å². The van der Waals surface area contributed by atoms with Crippen LogP contribution in [0.2, 0.25) is 0 Å². The highest BCUT2D eigenvalue weighted by molar-refractivity contribution is 5.71. The standard InChI is InChI=1S/C23H26O3/c1-4-7-21(16-23(24)25-6-3)20-12-14-22(15-13-20)26-17-19-10-8-18(5-2)9-11-19/h8-15,21H,5-6,16-17H2,1-3H3. The van der Waals surface area contributed by atoms with E-state index in [0.29, 0.717) is 13.2 Å². The normalized spacial score (nSPS) is 11.2. The van der Waals surface area contributed by atoms with Gasteiger partial charge < -0.3 is 9.47 Å². The Morgan fingerprint density at radius 2 is 1.65 bits per heavy atom. The molecular weight excluding hydrogens is 324 g/mol. The monoisotopic (exact) mass is 350 g/mol. The van der Waals surface area contributed by atoms with E-state index in [4.69, 9.17) is 9.47 Å². The maximum absolute atomic E-state index is 11.8. The number of aryl methyl sites for hydroxylation is 1. The molecule has 0 aliphatic rings. The molecule has 0 bridgehead atoms. The first-order valence-corrected chi connectivity index (χ1v) is 9.04. The van der Waals surface area contributed by atoms with Crippen molar-refractivity contribution in [1.29, 1.82) is 0 Å². The molecule has 3 nitrogen and oxygen atoms in total. The summed E-state index contributed by atoms with van der Waals surface area (Å²) in [4.78, 5) is 11.8. The van der Waals surface area contributed by atoms with Gasteiger partial charge in [-0.05, 0) is 49.1 Å². The van der Waals surface area contributed by atoms with Crippen molar-refractivity contribution < 1.29 is 14.3 Å². The summed E-state index contributed by atoms with van der Waals surface area (Å²) in [6.45, 7) is 6.65. The molecule has 3 heteroatoms. The van der Waals surface area contributed by atoms with Crippen LogP contribution in [0.4, 0.5) is 0 Å². The lowest BCUT2D eigenvalue weighted by atomic mass is 9.96. The highest BCUT2D eigenvalue weighted by Gasteiger charge is 2.14. The summed E-state index contributed by atoms with van der Waals surface area (Å²) < 4.78 is 10.9. The minimum atomic E-state index is -0.226. The lowest BCUT2D eigenvalue weighted by Crippen LogP contribution is -2.09. The van der Waals surface area contributed by atoms with E-state index in [1.807, 2.05) is 24.3 Å². The Bertz CT molecular complexity index is 749. The van der Waals surface area contributed by atoms with E-state index in [0.717, 1.165) is 23.3 Å². The maximum atomic E-state index is 11.8. The van der Waals surface area contributed by atoms with Crippen molar-refractivity contribution in [3.63, 3.8) is 0 Å². The molecule has 136 valence electrons. The summed E-state index contributed by atoms with van der Waals surface area (Å²) in [6.07, 6.45) is 1.30. The van der Waals surface area contributed by atoms with Gasteiger partial charge in [-0.15, -0.1) is 5.92 Å². The van der Waals surface area contributed by atoms with Crippen LogP contribution in [0.5, 0.6) is 5.75 Å². The van der Waals surface area contributed by atoms with Gasteiger partial charge in [0.25, 0.3) is 0 Å². The SMILES string of the molecule is CC#CC(CC(=O)OCC)c1ccc(OCc2ccc(CC)cc2)cc1. The minimum Gasteiger partial charge on any atom is -0.489 e. The molecule has 26 heavy (non-hydrogen) atoms. The fraction of sp³-hybridized carbons (Fsp3) is 0.348. The van der Waals surface area contributed by atoms with Crippen LogP contribution in [0.1, 0.15) is 49.8 Å². The van der Waals surface area contributed by atoms with Gasteiger partial charge in [0.15, 0.2) is 0 Å². The Morgan fingerprint density at radius 3 is 2.23 bits per heavy atom. The van der Waals surface area contributed by atoms with Crippen molar-refractivity contribution in [1.82, 2.24) is 0 Å². The highest BCUT2D eigenvalue weighted by atomic mass is 16.5. The molecule has 1 atom stereocenters. The quantitative estimate of drug-likeness (QED) is 0.502. The van der Waals surface area contributed by atoms with Gasteiger partial charge in [-0.25, -0.2) is 0 Å². The first-order chi connectivity index (χ1) is 12.7. The number of benzene rings is 2. The molecule has 0 fully saturated rings. The van der Waals surface area contributed by atoms with E-state index in [9.17, 15) is 4.79 Å². The molecular formula is C23H26O3. The third kappa shape index (κ3) is 5.97. The highest BCUT2D eigenvalue weighted by Crippen LogP contribution is 2.23. The van der Waals surface area contributed by atoms with Crippen LogP contribution >= 0.6 is 0 Å². The van der Waals surface area contributed by atoms with Crippen LogP contribution < -0.4 is 4.74 Å². The number of esters is 1. The second kappa shape index (κ2) is 10.3. The number of ether oxygens (including phenoxy) is 2. The topological polar surface area (TPSA) is 35.5 Å². The lowest BCUT2D eigenvalue weighted by molar-refractivity contribution is -0.143. The van der Waals surface area contributed by atoms with Crippen molar-refractivity contribution in [3.8, 4) is 17.6 Å². The van der Waals surface area contributed by atoms with E-state index < -0.39 is 0 Å². The van der Waals surface area contributed by atoms with Crippen molar-refractivity contribution >= 4 is 5.97 Å². The van der Waals surface area contributed by atoms with Gasteiger partial charge in [-0.3, -0.25) is 4.79 Å². The number of hydrogen-bond acceptors (Lipinski definition) is 3. The Kier molecular flexibility index (Phi) is 7.76. The molecule has 1 unspecified atom stereocenters. The molecule has 0 saturated heterocycles. The average molecular weight is 350 g/mol. The van der Waals surface area contributed by atoms with Gasteiger partial charge in [0, 0.05) is 0 Å². The second-order valence-electron chi connectivity index (χ2n) is 5.98. The van der Waals surface area contributed by atoms with Gasteiger partial charge in [0.05, 0.1) is 18.9 Å². The Balaban J connectivity index is 1.98. The van der Waals surface area contributed by atoms with Gasteiger partial charge in [0.2, 0.25) is 0 Å². The van der Waals surface area contributed by atoms with Crippen molar-refractivity contribution in [2.45, 2.75) is 46.1 Å². The molecule has 0 heterocycles. The van der Waals surface area contributed by atoms with Crippen LogP contribution in [0.3, 0.4) is 0 Å². The number of carbonyl (C=O) groups excluding carboxylic acids is 1. The van der Waals surface area contributed by atoms with E-state index in [1.165, 1.54) is 5.56 Å². The average Bonchev–Trinajstić information content (AvgIpc) is 2.67. The zero-order valence-corrected chi connectivity index (χ0v) is 15.7. The van der Waals surface area contributed by atoms with E-state index in [-0.39, 0.29) is 18.3 Å². The molecule has 2 aromatic rings. The molecule has 0 N–H and O–H groups in total. The Labute approximate surface area is 156 Å². The Hall–Kier alpha value is -2.73. The molecule has 0 spiro atoms. The molecule has 0 aliphatic heterocycles. The zero-order valence-electron chi connectivity index (χ0n) is 15.7. The molecule has 2 rings (SSSR count). The number of hydrogen-bond donors (Lipinski definition) is 0. The zero-order chi connectivity index (χ0) is 18.8. The van der Waals surface area contributed by atoms with Crippen LogP contribution in [0.15, 0.2) is 48.5 Å². The summed E-state index contributed by atoms with van der Waals surface area (Å²) in [5.41, 5.74) is 3.46. The van der Waals surface area contributed by atoms with E-state index in [1.54, 1.807) is 13.8 Å². The second-order valence-corrected chi connectivity index (χ2v) is 5.98. The molecule has 2 aromatic carbocycles. The van der Waals surface area contributed by atoms with Gasteiger partial charge >= 0.3 is 5.97 Å². The molecule has 0 amide bonds. The summed E-state index contributed by atoms with van der Waals surface area (Å²) in [7, 11) is 0. The first kappa shape index (κ1) is 19.6. The summed E-state index contributed by atoms with van der Waals surface area (Å²) >= 11 is 0. The molecule has 0 aliphatic carbocycles. The van der Waals surface area contributed by atoms with Gasteiger partial charge in [-0.2, -0.15) is 0 Å². The van der Waals surface area contributed by atoms with E-state index >= 15 is 0 Å². The first-order valence-electron chi connectivity index (χ1n) is 9.04. The van der Waals surface area contributed by atoms with Crippen LogP contribution in [-0.4, -0.2) is 12.6 Å². The largest absolute Gasteiger partial charge is 0.489 e. The van der Waals surface area contributed by atoms with Crippen molar-refractivity contribution in [2.24, 2.45) is 0 Å². The molecule has 0 radical (unpaired) electrons. The number of rotatable bonds is 8. The summed E-state index contributed by atoms with van der Waals surface area (Å²) in [5, 5.41) is 0. The summed E-state index contributed by atoms with van der Waals surface area (Å²) in [6, 6.07) is 16.2.